The van der Waals surface area contributed by atoms with Crippen LogP contribution in [0, 0.1) is 19.8 Å². The lowest BCUT2D eigenvalue weighted by molar-refractivity contribution is -0.151. The highest BCUT2D eigenvalue weighted by atomic mass is 16.5. The number of hydrogen-bond acceptors (Lipinski definition) is 6. The number of unbranched alkanes of at least 4 members (excludes halogenated alkanes) is 1. The normalized spacial score (nSPS) is 15.2. The molecule has 2 amide bonds. The quantitative estimate of drug-likeness (QED) is 0.446. The molecule has 1 N–H and O–H groups in total. The number of esters is 2. The summed E-state index contributed by atoms with van der Waals surface area (Å²) in [7, 11) is 0. The number of carbonyl (C=O) groups is 4. The molecule has 0 saturated carbocycles. The lowest BCUT2D eigenvalue weighted by Crippen LogP contribution is -2.28. The number of aryl methyl sites for hydroxylation is 2. The maximum Gasteiger partial charge on any atom is 0.338 e. The van der Waals surface area contributed by atoms with Crippen molar-refractivity contribution in [2.24, 2.45) is 5.92 Å². The minimum absolute atomic E-state index is 0.00173. The minimum Gasteiger partial charge on any atom is -0.462 e. The van der Waals surface area contributed by atoms with Gasteiger partial charge in [0.1, 0.15) is 0 Å². The number of anilines is 2. The van der Waals surface area contributed by atoms with E-state index in [4.69, 9.17) is 9.47 Å². The molecule has 0 bridgehead atoms. The summed E-state index contributed by atoms with van der Waals surface area (Å²) < 4.78 is 10.4. The van der Waals surface area contributed by atoms with Gasteiger partial charge in [0.05, 0.1) is 18.1 Å². The molecule has 0 aliphatic carbocycles. The molecule has 1 atom stereocenters. The van der Waals surface area contributed by atoms with Crippen LogP contribution in [0.1, 0.15) is 47.7 Å². The third-order valence-corrected chi connectivity index (χ3v) is 5.62. The smallest absolute Gasteiger partial charge is 0.338 e. The molecule has 0 aromatic heterocycles. The molecule has 1 saturated heterocycles. The third kappa shape index (κ3) is 6.43. The topological polar surface area (TPSA) is 102 Å². The van der Waals surface area contributed by atoms with Gasteiger partial charge >= 0.3 is 11.9 Å². The largest absolute Gasteiger partial charge is 0.462 e. The Morgan fingerprint density at radius 3 is 2.50 bits per heavy atom. The van der Waals surface area contributed by atoms with Gasteiger partial charge in [0, 0.05) is 24.3 Å². The van der Waals surface area contributed by atoms with Crippen molar-refractivity contribution in [3.8, 4) is 0 Å². The van der Waals surface area contributed by atoms with E-state index in [1.54, 1.807) is 24.3 Å². The second kappa shape index (κ2) is 11.4. The molecule has 1 heterocycles. The molecule has 1 aliphatic rings. The molecule has 0 unspecified atom stereocenters. The number of hydrogen-bond donors (Lipinski definition) is 1. The van der Waals surface area contributed by atoms with Gasteiger partial charge in [-0.1, -0.05) is 25.5 Å². The Morgan fingerprint density at radius 2 is 1.79 bits per heavy atom. The molecule has 1 aliphatic heterocycles. The number of nitrogens with one attached hydrogen (secondary N) is 1. The van der Waals surface area contributed by atoms with Crippen LogP contribution in [0.2, 0.25) is 0 Å². The van der Waals surface area contributed by atoms with Crippen molar-refractivity contribution in [3.05, 3.63) is 59.2 Å². The summed E-state index contributed by atoms with van der Waals surface area (Å²) in [5, 5.41) is 2.74. The van der Waals surface area contributed by atoms with Crippen molar-refractivity contribution in [3.63, 3.8) is 0 Å². The average molecular weight is 467 g/mol. The first-order valence-corrected chi connectivity index (χ1v) is 11.4. The maximum atomic E-state index is 12.5. The highest BCUT2D eigenvalue weighted by Crippen LogP contribution is 2.26. The van der Waals surface area contributed by atoms with E-state index in [1.165, 1.54) is 4.90 Å². The van der Waals surface area contributed by atoms with Crippen LogP contribution in [0.3, 0.4) is 0 Å². The van der Waals surface area contributed by atoms with Gasteiger partial charge in [-0.15, -0.1) is 0 Å². The zero-order valence-electron chi connectivity index (χ0n) is 19.8. The molecule has 2 aromatic carbocycles. The van der Waals surface area contributed by atoms with Crippen molar-refractivity contribution >= 4 is 35.1 Å². The number of benzene rings is 2. The first kappa shape index (κ1) is 25.0. The summed E-state index contributed by atoms with van der Waals surface area (Å²) >= 11 is 0. The fraction of sp³-hybridized carbons (Fsp3) is 0.385. The minimum atomic E-state index is -0.667. The van der Waals surface area contributed by atoms with Crippen LogP contribution in [0.25, 0.3) is 0 Å². The van der Waals surface area contributed by atoms with E-state index in [-0.39, 0.29) is 18.9 Å². The molecule has 2 aromatic rings. The molecule has 1 fully saturated rings. The van der Waals surface area contributed by atoms with Gasteiger partial charge in [0.2, 0.25) is 5.91 Å². The summed E-state index contributed by atoms with van der Waals surface area (Å²) in [6.45, 7) is 5.91. The van der Waals surface area contributed by atoms with Crippen LogP contribution in [-0.4, -0.2) is 43.5 Å². The first-order chi connectivity index (χ1) is 16.3. The Labute approximate surface area is 199 Å². The van der Waals surface area contributed by atoms with Gasteiger partial charge in [-0.25, -0.2) is 4.79 Å². The summed E-state index contributed by atoms with van der Waals surface area (Å²) in [5.74, 6) is -2.33. The van der Waals surface area contributed by atoms with E-state index >= 15 is 0 Å². The fourth-order valence-corrected chi connectivity index (χ4v) is 3.60. The first-order valence-electron chi connectivity index (χ1n) is 11.4. The Hall–Kier alpha value is -3.68. The highest BCUT2D eigenvalue weighted by Gasteiger charge is 2.36. The Balaban J connectivity index is 1.51. The summed E-state index contributed by atoms with van der Waals surface area (Å²) in [6, 6.07) is 12.2. The number of carbonyl (C=O) groups excluding carboxylic acids is 4. The van der Waals surface area contributed by atoms with Gasteiger partial charge in [-0.2, -0.15) is 0 Å². The Kier molecular flexibility index (Phi) is 8.40. The number of ether oxygens (including phenoxy) is 2. The SMILES string of the molecule is CCCCOC(=O)c1ccc(N2C[C@@H](C(=O)OCC(=O)Nc3cc(C)ccc3C)CC2=O)cc1. The van der Waals surface area contributed by atoms with Gasteiger partial charge in [0.25, 0.3) is 5.91 Å². The highest BCUT2D eigenvalue weighted by molar-refractivity contribution is 6.00. The van der Waals surface area contributed by atoms with Crippen LogP contribution in [0.5, 0.6) is 0 Å². The summed E-state index contributed by atoms with van der Waals surface area (Å²) in [5.41, 5.74) is 3.56. The Bertz CT molecular complexity index is 1060. The van der Waals surface area contributed by atoms with Crippen LogP contribution >= 0.6 is 0 Å². The van der Waals surface area contributed by atoms with Gasteiger partial charge < -0.3 is 19.7 Å². The number of rotatable bonds is 9. The zero-order chi connectivity index (χ0) is 24.7. The zero-order valence-corrected chi connectivity index (χ0v) is 19.8. The van der Waals surface area contributed by atoms with Gasteiger partial charge in [-0.05, 0) is 61.7 Å². The molecular formula is C26H30N2O6. The number of amides is 2. The molecule has 0 spiro atoms. The van der Waals surface area contributed by atoms with Gasteiger partial charge in [-0.3, -0.25) is 14.4 Å². The van der Waals surface area contributed by atoms with E-state index in [0.29, 0.717) is 23.5 Å². The standard InChI is InChI=1S/C26H30N2O6/c1-4-5-12-33-25(31)19-8-10-21(11-9-19)28-15-20(14-24(28)30)26(32)34-16-23(29)27-22-13-17(2)6-7-18(22)3/h6-11,13,20H,4-5,12,14-16H2,1-3H3,(H,27,29)/t20-/m0/s1. The van der Waals surface area contributed by atoms with Crippen molar-refractivity contribution in [1.29, 1.82) is 0 Å². The molecular weight excluding hydrogens is 436 g/mol. The second-order valence-electron chi connectivity index (χ2n) is 8.42. The fourth-order valence-electron chi connectivity index (χ4n) is 3.60. The van der Waals surface area contributed by atoms with Crippen molar-refractivity contribution in [1.82, 2.24) is 0 Å². The molecule has 8 nitrogen and oxygen atoms in total. The van der Waals surface area contributed by atoms with Crippen molar-refractivity contribution in [2.45, 2.75) is 40.0 Å². The predicted octanol–water partition coefficient (Wildman–Crippen LogP) is 3.80. The number of nitrogens with zero attached hydrogens (tertiary/aromatic N) is 1. The van der Waals surface area contributed by atoms with Crippen LogP contribution < -0.4 is 10.2 Å². The lowest BCUT2D eigenvalue weighted by Gasteiger charge is -2.17. The summed E-state index contributed by atoms with van der Waals surface area (Å²) in [6.07, 6.45) is 1.74. The summed E-state index contributed by atoms with van der Waals surface area (Å²) in [4.78, 5) is 50.7. The van der Waals surface area contributed by atoms with Crippen LogP contribution in [0.15, 0.2) is 42.5 Å². The maximum absolute atomic E-state index is 12.5. The van der Waals surface area contributed by atoms with Crippen LogP contribution in [0.4, 0.5) is 11.4 Å². The monoisotopic (exact) mass is 466 g/mol. The van der Waals surface area contributed by atoms with Gasteiger partial charge in [0.15, 0.2) is 6.61 Å². The van der Waals surface area contributed by atoms with Crippen molar-refractivity contribution < 1.29 is 28.7 Å². The second-order valence-corrected chi connectivity index (χ2v) is 8.42. The van der Waals surface area contributed by atoms with E-state index in [2.05, 4.69) is 5.32 Å². The predicted molar refractivity (Wildman–Crippen MR) is 128 cm³/mol. The van der Waals surface area contributed by atoms with Crippen molar-refractivity contribution in [2.75, 3.05) is 30.0 Å². The molecule has 3 rings (SSSR count). The van der Waals surface area contributed by atoms with Crippen LogP contribution in [-0.2, 0) is 23.9 Å². The molecule has 8 heteroatoms. The van der Waals surface area contributed by atoms with E-state index < -0.39 is 30.4 Å². The van der Waals surface area contributed by atoms with E-state index in [1.807, 2.05) is 39.0 Å². The molecule has 180 valence electrons. The third-order valence-electron chi connectivity index (χ3n) is 5.62. The van der Waals surface area contributed by atoms with E-state index in [9.17, 15) is 19.2 Å². The lowest BCUT2D eigenvalue weighted by atomic mass is 10.1. The molecule has 34 heavy (non-hydrogen) atoms. The van der Waals surface area contributed by atoms with E-state index in [0.717, 1.165) is 24.0 Å². The average Bonchev–Trinajstić information content (AvgIpc) is 3.21. The Morgan fingerprint density at radius 1 is 1.06 bits per heavy atom. The molecule has 0 radical (unpaired) electrons.